The number of hydrogen-bond donors (Lipinski definition) is 1. The standard InChI is InChI=1S/C28H30NO5PS/c1-3-33-35(32,22-12-6-18(2)7-13-22)17-21-15-26(36-27(21)28(30)31)20-10-8-19(9-11-20)25-16-23-24(34-25)5-4-14-29-23/h4-5,8-11,14-16,18,22H,3,6-7,12-13,17H2,1-2H3,(H,30,31). The summed E-state index contributed by atoms with van der Waals surface area (Å²) >= 11 is 1.22. The molecule has 0 amide bonds. The average molecular weight is 524 g/mol. The van der Waals surface area contributed by atoms with Crippen LogP contribution in [0.15, 0.2) is 59.1 Å². The van der Waals surface area contributed by atoms with E-state index in [4.69, 9.17) is 8.94 Å². The van der Waals surface area contributed by atoms with Crippen LogP contribution in [-0.4, -0.2) is 28.3 Å². The van der Waals surface area contributed by atoms with Crippen LogP contribution in [0.5, 0.6) is 0 Å². The molecule has 1 aliphatic carbocycles. The van der Waals surface area contributed by atoms with Gasteiger partial charge < -0.3 is 14.0 Å². The van der Waals surface area contributed by atoms with Gasteiger partial charge >= 0.3 is 5.97 Å². The van der Waals surface area contributed by atoms with Gasteiger partial charge in [-0.15, -0.1) is 11.3 Å². The van der Waals surface area contributed by atoms with Crippen LogP contribution < -0.4 is 0 Å². The molecule has 3 heterocycles. The minimum atomic E-state index is -3.03. The molecule has 1 N–H and O–H groups in total. The topological polar surface area (TPSA) is 89.6 Å². The summed E-state index contributed by atoms with van der Waals surface area (Å²) < 4.78 is 25.8. The molecule has 1 aromatic carbocycles. The molecule has 3 aromatic heterocycles. The molecule has 0 aliphatic heterocycles. The van der Waals surface area contributed by atoms with Crippen LogP contribution >= 0.6 is 18.7 Å². The maximum Gasteiger partial charge on any atom is 0.346 e. The first-order valence-electron chi connectivity index (χ1n) is 12.4. The zero-order valence-corrected chi connectivity index (χ0v) is 22.2. The largest absolute Gasteiger partial charge is 0.477 e. The predicted molar refractivity (Wildman–Crippen MR) is 144 cm³/mol. The SMILES string of the molecule is CCOP(=O)(Cc1cc(-c2ccc(-c3cc4ncccc4o3)cc2)sc1C(=O)O)C1CCC(C)CC1. The molecule has 4 aromatic rings. The van der Waals surface area contributed by atoms with Crippen molar-refractivity contribution in [3.05, 3.63) is 65.2 Å². The fourth-order valence-electron chi connectivity index (χ4n) is 5.05. The third kappa shape index (κ3) is 5.06. The summed E-state index contributed by atoms with van der Waals surface area (Å²) in [5.41, 5.74) is 3.96. The second-order valence-electron chi connectivity index (χ2n) is 9.56. The molecule has 0 saturated heterocycles. The number of benzene rings is 1. The number of pyridine rings is 1. The van der Waals surface area contributed by atoms with Crippen LogP contribution in [-0.2, 0) is 15.3 Å². The van der Waals surface area contributed by atoms with Gasteiger partial charge in [-0.05, 0) is 67.9 Å². The molecule has 1 atom stereocenters. The Morgan fingerprint density at radius 3 is 2.53 bits per heavy atom. The molecular weight excluding hydrogens is 493 g/mol. The Bertz CT molecular complexity index is 1380. The summed E-state index contributed by atoms with van der Waals surface area (Å²) in [5, 5.41) is 9.92. The second-order valence-corrected chi connectivity index (χ2v) is 13.4. The lowest BCUT2D eigenvalue weighted by atomic mass is 9.91. The van der Waals surface area contributed by atoms with Crippen molar-refractivity contribution in [2.24, 2.45) is 5.92 Å². The van der Waals surface area contributed by atoms with Crippen molar-refractivity contribution in [2.45, 2.75) is 51.4 Å². The van der Waals surface area contributed by atoms with Crippen LogP contribution in [0.3, 0.4) is 0 Å². The van der Waals surface area contributed by atoms with Crippen molar-refractivity contribution < 1.29 is 23.4 Å². The highest BCUT2D eigenvalue weighted by atomic mass is 32.1. The normalized spacial score (nSPS) is 19.8. The molecule has 5 rings (SSSR count). The first kappa shape index (κ1) is 24.9. The number of fused-ring (bicyclic) bond motifs is 1. The number of hydrogen-bond acceptors (Lipinski definition) is 6. The lowest BCUT2D eigenvalue weighted by molar-refractivity contribution is 0.0701. The molecule has 1 fully saturated rings. The van der Waals surface area contributed by atoms with Crippen LogP contribution in [0.25, 0.3) is 32.9 Å². The van der Waals surface area contributed by atoms with Crippen LogP contribution in [0.1, 0.15) is 54.8 Å². The fraction of sp³-hybridized carbons (Fsp3) is 0.357. The predicted octanol–water partition coefficient (Wildman–Crippen LogP) is 8.31. The Labute approximate surface area is 214 Å². The van der Waals surface area contributed by atoms with Gasteiger partial charge in [0.05, 0.1) is 12.8 Å². The van der Waals surface area contributed by atoms with Gasteiger partial charge in [-0.25, -0.2) is 4.79 Å². The molecule has 188 valence electrons. The van der Waals surface area contributed by atoms with E-state index < -0.39 is 13.3 Å². The van der Waals surface area contributed by atoms with Crippen LogP contribution in [0.4, 0.5) is 0 Å². The Morgan fingerprint density at radius 1 is 1.14 bits per heavy atom. The number of carbonyl (C=O) groups is 1. The van der Waals surface area contributed by atoms with Gasteiger partial charge in [-0.2, -0.15) is 0 Å². The summed E-state index contributed by atoms with van der Waals surface area (Å²) in [6.07, 6.45) is 5.72. The molecule has 0 radical (unpaired) electrons. The number of nitrogens with zero attached hydrogens (tertiary/aromatic N) is 1. The van der Waals surface area contributed by atoms with Crippen LogP contribution in [0.2, 0.25) is 0 Å². The monoisotopic (exact) mass is 523 g/mol. The quantitative estimate of drug-likeness (QED) is 0.234. The molecule has 1 saturated carbocycles. The Kier molecular flexibility index (Phi) is 7.16. The van der Waals surface area contributed by atoms with Gasteiger partial charge in [-0.1, -0.05) is 31.2 Å². The summed E-state index contributed by atoms with van der Waals surface area (Å²) in [7, 11) is -3.03. The summed E-state index contributed by atoms with van der Waals surface area (Å²) in [6.45, 7) is 4.45. The van der Waals surface area contributed by atoms with E-state index >= 15 is 0 Å². The van der Waals surface area contributed by atoms with Gasteiger partial charge in [0.25, 0.3) is 0 Å². The molecular formula is C28H30NO5PS. The van der Waals surface area contributed by atoms with Crippen molar-refractivity contribution in [1.82, 2.24) is 4.98 Å². The van der Waals surface area contributed by atoms with Crippen molar-refractivity contribution in [3.8, 4) is 21.8 Å². The van der Waals surface area contributed by atoms with E-state index in [1.807, 2.05) is 55.5 Å². The molecule has 8 heteroatoms. The first-order chi connectivity index (χ1) is 17.4. The van der Waals surface area contributed by atoms with Gasteiger partial charge in [0.2, 0.25) is 7.37 Å². The Balaban J connectivity index is 1.42. The number of carboxylic acids is 1. The highest BCUT2D eigenvalue weighted by molar-refractivity contribution is 7.59. The lowest BCUT2D eigenvalue weighted by Crippen LogP contribution is -2.20. The third-order valence-electron chi connectivity index (χ3n) is 7.02. The van der Waals surface area contributed by atoms with Crippen LogP contribution in [0, 0.1) is 5.92 Å². The zero-order valence-electron chi connectivity index (χ0n) is 20.5. The van der Waals surface area contributed by atoms with E-state index in [9.17, 15) is 14.5 Å². The molecule has 1 unspecified atom stereocenters. The van der Waals surface area contributed by atoms with Gasteiger partial charge in [0.15, 0.2) is 5.58 Å². The molecule has 6 nitrogen and oxygen atoms in total. The average Bonchev–Trinajstić information content (AvgIpc) is 3.49. The van der Waals surface area contributed by atoms with E-state index in [0.717, 1.165) is 58.5 Å². The van der Waals surface area contributed by atoms with Gasteiger partial charge in [-0.3, -0.25) is 9.55 Å². The number of aromatic carboxylic acids is 1. The van der Waals surface area contributed by atoms with Gasteiger partial charge in [0.1, 0.15) is 16.2 Å². The smallest absolute Gasteiger partial charge is 0.346 e. The summed E-state index contributed by atoms with van der Waals surface area (Å²) in [5.74, 6) is 0.373. The molecule has 36 heavy (non-hydrogen) atoms. The maximum atomic E-state index is 14.0. The molecule has 1 aliphatic rings. The summed E-state index contributed by atoms with van der Waals surface area (Å²) in [4.78, 5) is 17.5. The van der Waals surface area contributed by atoms with E-state index in [2.05, 4.69) is 11.9 Å². The fourth-order valence-corrected chi connectivity index (χ4v) is 8.99. The number of rotatable bonds is 8. The van der Waals surface area contributed by atoms with Crippen molar-refractivity contribution >= 4 is 35.8 Å². The maximum absolute atomic E-state index is 14.0. The van der Waals surface area contributed by atoms with E-state index in [-0.39, 0.29) is 16.7 Å². The number of carboxylic acid groups (broad SMARTS) is 1. The lowest BCUT2D eigenvalue weighted by Gasteiger charge is -2.32. The minimum Gasteiger partial charge on any atom is -0.477 e. The van der Waals surface area contributed by atoms with E-state index in [1.54, 1.807) is 6.20 Å². The zero-order chi connectivity index (χ0) is 25.3. The highest BCUT2D eigenvalue weighted by Gasteiger charge is 2.37. The van der Waals surface area contributed by atoms with E-state index in [1.165, 1.54) is 11.3 Å². The number of aromatic nitrogens is 1. The Morgan fingerprint density at radius 2 is 1.86 bits per heavy atom. The third-order valence-corrected chi connectivity index (χ3v) is 11.3. The molecule has 0 spiro atoms. The van der Waals surface area contributed by atoms with E-state index in [0.29, 0.717) is 18.1 Å². The Hall–Kier alpha value is -2.73. The first-order valence-corrected chi connectivity index (χ1v) is 15.1. The summed E-state index contributed by atoms with van der Waals surface area (Å²) in [6, 6.07) is 15.4. The van der Waals surface area contributed by atoms with Gasteiger partial charge in [0, 0.05) is 28.4 Å². The number of thiophene rings is 1. The molecule has 0 bridgehead atoms. The van der Waals surface area contributed by atoms with Crippen molar-refractivity contribution in [2.75, 3.05) is 6.61 Å². The van der Waals surface area contributed by atoms with Crippen molar-refractivity contribution in [3.63, 3.8) is 0 Å². The number of furan rings is 1. The van der Waals surface area contributed by atoms with Crippen molar-refractivity contribution in [1.29, 1.82) is 0 Å². The highest BCUT2D eigenvalue weighted by Crippen LogP contribution is 2.60. The minimum absolute atomic E-state index is 0.00349. The second kappa shape index (κ2) is 10.3.